The Hall–Kier alpha value is -0.0600. The van der Waals surface area contributed by atoms with Crippen LogP contribution in [-0.2, 0) is 18.9 Å². The lowest BCUT2D eigenvalue weighted by Gasteiger charge is -2.55. The van der Waals surface area contributed by atoms with Gasteiger partial charge in [0.2, 0.25) is 0 Å². The number of hydrogen-bond acceptors (Lipinski definition) is 7. The van der Waals surface area contributed by atoms with Gasteiger partial charge in [-0.3, -0.25) is 0 Å². The summed E-state index contributed by atoms with van der Waals surface area (Å²) in [6.07, 6.45) is 6.57. The largest absolute Gasteiger partial charge is 0.390 e. The zero-order valence-electron chi connectivity index (χ0n) is 24.5. The monoisotopic (exact) mass is 602 g/mol. The smallest absolute Gasteiger partial charge is 0.195 e. The molecule has 0 aliphatic carbocycles. The van der Waals surface area contributed by atoms with E-state index in [2.05, 4.69) is 50.2 Å². The minimum absolute atomic E-state index is 0.0198. The highest BCUT2D eigenvalue weighted by molar-refractivity contribution is 9.09. The predicted octanol–water partition coefficient (Wildman–Crippen LogP) is 5.31. The molecule has 4 heterocycles. The average molecular weight is 604 g/mol. The van der Waals surface area contributed by atoms with Gasteiger partial charge in [0, 0.05) is 11.2 Å². The van der Waals surface area contributed by atoms with Gasteiger partial charge >= 0.3 is 0 Å². The zero-order valence-corrected chi connectivity index (χ0v) is 26.1. The molecular weight excluding hydrogens is 552 g/mol. The van der Waals surface area contributed by atoms with Crippen molar-refractivity contribution in [1.29, 1.82) is 0 Å². The summed E-state index contributed by atoms with van der Waals surface area (Å²) in [5.74, 6) is -1.67. The van der Waals surface area contributed by atoms with Gasteiger partial charge in [-0.25, -0.2) is 0 Å². The molecule has 0 aromatic rings. The van der Waals surface area contributed by atoms with E-state index in [0.717, 1.165) is 44.1 Å². The van der Waals surface area contributed by atoms with Crippen LogP contribution in [0.1, 0.15) is 113 Å². The molecule has 8 heteroatoms. The first-order valence-electron chi connectivity index (χ1n) is 14.5. The van der Waals surface area contributed by atoms with Crippen molar-refractivity contribution >= 4 is 15.9 Å². The van der Waals surface area contributed by atoms with Gasteiger partial charge < -0.3 is 34.3 Å². The molecular formula is C30H51BrO7. The summed E-state index contributed by atoms with van der Waals surface area (Å²) in [5, 5.41) is 32.1. The van der Waals surface area contributed by atoms with Gasteiger partial charge in [0.05, 0.1) is 46.8 Å². The minimum atomic E-state index is -1.67. The van der Waals surface area contributed by atoms with Crippen molar-refractivity contribution in [2.24, 2.45) is 0 Å². The Morgan fingerprint density at radius 3 is 2.18 bits per heavy atom. The lowest BCUT2D eigenvalue weighted by molar-refractivity contribution is -0.306. The molecule has 0 spiro atoms. The van der Waals surface area contributed by atoms with Crippen LogP contribution < -0.4 is 0 Å². The van der Waals surface area contributed by atoms with Crippen LogP contribution >= 0.6 is 15.9 Å². The van der Waals surface area contributed by atoms with E-state index in [1.165, 1.54) is 13.8 Å². The lowest BCUT2D eigenvalue weighted by Crippen LogP contribution is -2.62. The summed E-state index contributed by atoms with van der Waals surface area (Å²) in [6.45, 7) is 17.9. The SMILES string of the molecule is C=C(CCC(O)C1(C)CCC(O)(C(C)(C)O)O1)C1CCC2OC(C3(C)CCC(Br)C(C)(C)O3)CCC2(C)O1. The molecule has 9 unspecified atom stereocenters. The molecule has 4 rings (SSSR count). The Balaban J connectivity index is 1.30. The van der Waals surface area contributed by atoms with Crippen molar-refractivity contribution in [1.82, 2.24) is 0 Å². The molecule has 0 saturated carbocycles. The molecule has 4 saturated heterocycles. The van der Waals surface area contributed by atoms with Gasteiger partial charge in [-0.15, -0.1) is 0 Å². The number of fused-ring (bicyclic) bond motifs is 1. The van der Waals surface area contributed by atoms with Crippen LogP contribution in [0.5, 0.6) is 0 Å². The molecule has 0 radical (unpaired) electrons. The van der Waals surface area contributed by atoms with Crippen LogP contribution in [0, 0.1) is 0 Å². The van der Waals surface area contributed by atoms with E-state index in [1.54, 1.807) is 6.92 Å². The summed E-state index contributed by atoms with van der Waals surface area (Å²) in [7, 11) is 0. The number of rotatable bonds is 7. The topological polar surface area (TPSA) is 97.6 Å². The lowest BCUT2D eigenvalue weighted by atomic mass is 9.76. The van der Waals surface area contributed by atoms with Crippen molar-refractivity contribution in [3.8, 4) is 0 Å². The number of alkyl halides is 1. The first kappa shape index (κ1) is 30.9. The minimum Gasteiger partial charge on any atom is -0.390 e. The van der Waals surface area contributed by atoms with Crippen LogP contribution in [0.4, 0.5) is 0 Å². The highest BCUT2D eigenvalue weighted by Crippen LogP contribution is 2.49. The molecule has 4 aliphatic rings. The second-order valence-corrected chi connectivity index (χ2v) is 15.2. The second kappa shape index (κ2) is 10.3. The van der Waals surface area contributed by atoms with Gasteiger partial charge in [0.1, 0.15) is 5.60 Å². The van der Waals surface area contributed by atoms with Gasteiger partial charge in [-0.05, 0) is 112 Å². The number of halogens is 1. The first-order chi connectivity index (χ1) is 17.3. The van der Waals surface area contributed by atoms with E-state index in [4.69, 9.17) is 18.9 Å². The third-order valence-corrected chi connectivity index (χ3v) is 11.6. The van der Waals surface area contributed by atoms with Crippen molar-refractivity contribution in [2.45, 2.75) is 176 Å². The van der Waals surface area contributed by atoms with Crippen LogP contribution in [0.2, 0.25) is 0 Å². The van der Waals surface area contributed by atoms with Crippen LogP contribution in [0.25, 0.3) is 0 Å². The van der Waals surface area contributed by atoms with E-state index in [9.17, 15) is 15.3 Å². The van der Waals surface area contributed by atoms with E-state index in [1.807, 2.05) is 0 Å². The average Bonchev–Trinajstić information content (AvgIpc) is 3.15. The van der Waals surface area contributed by atoms with Crippen molar-refractivity contribution in [2.75, 3.05) is 0 Å². The summed E-state index contributed by atoms with van der Waals surface area (Å²) < 4.78 is 25.9. The van der Waals surface area contributed by atoms with Gasteiger partial charge in [-0.1, -0.05) is 22.5 Å². The molecule has 0 aromatic carbocycles. The first-order valence-corrected chi connectivity index (χ1v) is 15.4. The molecule has 3 N–H and O–H groups in total. The Morgan fingerprint density at radius 1 is 0.947 bits per heavy atom. The third-order valence-electron chi connectivity index (χ3n) is 10.1. The molecule has 0 bridgehead atoms. The maximum absolute atomic E-state index is 11.0. The van der Waals surface area contributed by atoms with E-state index >= 15 is 0 Å². The number of ether oxygens (including phenoxy) is 4. The van der Waals surface area contributed by atoms with Gasteiger partial charge in [0.15, 0.2) is 5.79 Å². The maximum Gasteiger partial charge on any atom is 0.195 e. The van der Waals surface area contributed by atoms with Gasteiger partial charge in [-0.2, -0.15) is 0 Å². The highest BCUT2D eigenvalue weighted by atomic mass is 79.9. The van der Waals surface area contributed by atoms with Crippen LogP contribution in [0.3, 0.4) is 0 Å². The fourth-order valence-corrected chi connectivity index (χ4v) is 7.31. The molecule has 0 aromatic heterocycles. The fraction of sp³-hybridized carbons (Fsp3) is 0.933. The van der Waals surface area contributed by atoms with Crippen molar-refractivity contribution < 1.29 is 34.3 Å². The van der Waals surface area contributed by atoms with Crippen molar-refractivity contribution in [3.05, 3.63) is 12.2 Å². The Kier molecular flexibility index (Phi) is 8.40. The molecule has 4 fully saturated rings. The van der Waals surface area contributed by atoms with Gasteiger partial charge in [0.25, 0.3) is 0 Å². The van der Waals surface area contributed by atoms with E-state index in [0.29, 0.717) is 24.1 Å². The molecule has 220 valence electrons. The molecule has 4 aliphatic heterocycles. The Labute approximate surface area is 237 Å². The molecule has 9 atom stereocenters. The Bertz CT molecular complexity index is 888. The molecule has 38 heavy (non-hydrogen) atoms. The van der Waals surface area contributed by atoms with Crippen LogP contribution in [-0.4, -0.2) is 78.4 Å². The molecule has 7 nitrogen and oxygen atoms in total. The summed E-state index contributed by atoms with van der Waals surface area (Å²) in [4.78, 5) is 0.343. The number of hydrogen-bond donors (Lipinski definition) is 3. The van der Waals surface area contributed by atoms with Crippen molar-refractivity contribution in [3.63, 3.8) is 0 Å². The summed E-state index contributed by atoms with van der Waals surface area (Å²) >= 11 is 3.79. The summed E-state index contributed by atoms with van der Waals surface area (Å²) in [5.41, 5.74) is -2.28. The van der Waals surface area contributed by atoms with Crippen LogP contribution in [0.15, 0.2) is 12.2 Å². The van der Waals surface area contributed by atoms with E-state index < -0.39 is 23.1 Å². The summed E-state index contributed by atoms with van der Waals surface area (Å²) in [6, 6.07) is 0. The highest BCUT2D eigenvalue weighted by Gasteiger charge is 2.56. The quantitative estimate of drug-likeness (QED) is 0.268. The number of aliphatic hydroxyl groups is 3. The normalized spacial score (nSPS) is 46.4. The zero-order chi connectivity index (χ0) is 28.4. The maximum atomic E-state index is 11.0. The standard InChI is InChI=1S/C30H51BrO7/c1-19(9-11-22(32)27(6)17-18-30(34,38-27)26(4,5)33)20-10-12-23-28(7,36-20)16-14-24(35-23)29(8)15-13-21(31)25(2,3)37-29/h20-24,32-34H,1,9-18H2,2-8H3. The Morgan fingerprint density at radius 2 is 1.58 bits per heavy atom. The predicted molar refractivity (Wildman–Crippen MR) is 150 cm³/mol. The molecule has 0 amide bonds. The third kappa shape index (κ3) is 5.80. The number of aliphatic hydroxyl groups excluding tert-OH is 1. The fourth-order valence-electron chi connectivity index (χ4n) is 6.98. The van der Waals surface area contributed by atoms with E-state index in [-0.39, 0.29) is 41.5 Å². The second-order valence-electron chi connectivity index (χ2n) is 14.1.